The molecule has 6 nitrogen and oxygen atoms in total. The SMILES string of the molecule is NCC(NC(=O)C1=NNC(=O)CC1)C1CCCC1. The third-order valence-corrected chi connectivity index (χ3v) is 3.71. The van der Waals surface area contributed by atoms with Crippen molar-refractivity contribution in [1.82, 2.24) is 10.7 Å². The summed E-state index contributed by atoms with van der Waals surface area (Å²) in [5.74, 6) is 0.146. The average molecular weight is 252 g/mol. The third-order valence-electron chi connectivity index (χ3n) is 3.71. The number of carbonyl (C=O) groups is 2. The van der Waals surface area contributed by atoms with E-state index in [2.05, 4.69) is 15.8 Å². The summed E-state index contributed by atoms with van der Waals surface area (Å²) in [6, 6.07) is 0.0281. The Balaban J connectivity index is 1.90. The van der Waals surface area contributed by atoms with Gasteiger partial charge >= 0.3 is 0 Å². The fourth-order valence-corrected chi connectivity index (χ4v) is 2.62. The van der Waals surface area contributed by atoms with E-state index < -0.39 is 0 Å². The molecule has 4 N–H and O–H groups in total. The molecule has 0 spiro atoms. The highest BCUT2D eigenvalue weighted by molar-refractivity contribution is 6.39. The minimum atomic E-state index is -0.197. The number of nitrogens with zero attached hydrogens (tertiary/aromatic N) is 1. The maximum absolute atomic E-state index is 12.0. The summed E-state index contributed by atoms with van der Waals surface area (Å²) in [6.07, 6.45) is 5.42. The summed E-state index contributed by atoms with van der Waals surface area (Å²) in [4.78, 5) is 22.9. The molecule has 1 aliphatic carbocycles. The van der Waals surface area contributed by atoms with Crippen LogP contribution in [-0.4, -0.2) is 30.1 Å². The molecule has 1 aliphatic heterocycles. The van der Waals surface area contributed by atoms with Gasteiger partial charge in [-0.25, -0.2) is 5.43 Å². The lowest BCUT2D eigenvalue weighted by molar-refractivity contribution is -0.121. The summed E-state index contributed by atoms with van der Waals surface area (Å²) >= 11 is 0. The van der Waals surface area contributed by atoms with Gasteiger partial charge in [-0.1, -0.05) is 12.8 Å². The molecule has 1 atom stereocenters. The number of nitrogens with two attached hydrogens (primary N) is 1. The number of nitrogens with one attached hydrogen (secondary N) is 2. The molecule has 18 heavy (non-hydrogen) atoms. The molecule has 2 amide bonds. The topological polar surface area (TPSA) is 96.6 Å². The Hall–Kier alpha value is -1.43. The van der Waals surface area contributed by atoms with E-state index in [1.165, 1.54) is 12.8 Å². The van der Waals surface area contributed by atoms with Gasteiger partial charge in [0.1, 0.15) is 5.71 Å². The van der Waals surface area contributed by atoms with Crippen molar-refractivity contribution in [2.75, 3.05) is 6.54 Å². The second-order valence-electron chi connectivity index (χ2n) is 4.95. The van der Waals surface area contributed by atoms with E-state index in [1.54, 1.807) is 0 Å². The molecule has 0 saturated heterocycles. The normalized spacial score (nSPS) is 22.3. The first kappa shape index (κ1) is 13.0. The smallest absolute Gasteiger partial charge is 0.267 e. The molecule has 0 radical (unpaired) electrons. The maximum atomic E-state index is 12.0. The van der Waals surface area contributed by atoms with Crippen LogP contribution in [0.2, 0.25) is 0 Å². The molecule has 0 bridgehead atoms. The molecule has 0 aromatic carbocycles. The van der Waals surface area contributed by atoms with Crippen molar-refractivity contribution in [2.24, 2.45) is 16.8 Å². The second kappa shape index (κ2) is 5.95. The summed E-state index contributed by atoms with van der Waals surface area (Å²) in [6.45, 7) is 0.454. The van der Waals surface area contributed by atoms with Crippen LogP contribution in [0.5, 0.6) is 0 Å². The number of amides is 2. The largest absolute Gasteiger partial charge is 0.347 e. The molecule has 0 aromatic heterocycles. The van der Waals surface area contributed by atoms with Crippen LogP contribution in [0.25, 0.3) is 0 Å². The van der Waals surface area contributed by atoms with Crippen molar-refractivity contribution in [3.63, 3.8) is 0 Å². The Kier molecular flexibility index (Phi) is 4.30. The van der Waals surface area contributed by atoms with E-state index in [4.69, 9.17) is 5.73 Å². The Morgan fingerprint density at radius 2 is 2.17 bits per heavy atom. The van der Waals surface area contributed by atoms with Crippen molar-refractivity contribution in [3.8, 4) is 0 Å². The molecule has 0 aromatic rings. The summed E-state index contributed by atoms with van der Waals surface area (Å²) < 4.78 is 0. The van der Waals surface area contributed by atoms with Crippen LogP contribution in [0.3, 0.4) is 0 Å². The lowest BCUT2D eigenvalue weighted by Gasteiger charge is -2.23. The number of hydrogen-bond acceptors (Lipinski definition) is 4. The average Bonchev–Trinajstić information content (AvgIpc) is 2.90. The van der Waals surface area contributed by atoms with Gasteiger partial charge in [0.05, 0.1) is 0 Å². The van der Waals surface area contributed by atoms with Gasteiger partial charge in [0, 0.05) is 25.4 Å². The predicted octanol–water partition coefficient (Wildman–Crippen LogP) is -0.114. The Bertz CT molecular complexity index is 361. The quantitative estimate of drug-likeness (QED) is 0.651. The van der Waals surface area contributed by atoms with Gasteiger partial charge < -0.3 is 11.1 Å². The highest BCUT2D eigenvalue weighted by Gasteiger charge is 2.27. The first-order chi connectivity index (χ1) is 8.70. The van der Waals surface area contributed by atoms with Crippen LogP contribution in [0.1, 0.15) is 38.5 Å². The Morgan fingerprint density at radius 3 is 2.72 bits per heavy atom. The zero-order valence-corrected chi connectivity index (χ0v) is 10.4. The fourth-order valence-electron chi connectivity index (χ4n) is 2.62. The molecule has 2 aliphatic rings. The summed E-state index contributed by atoms with van der Waals surface area (Å²) in [5, 5.41) is 6.74. The minimum absolute atomic E-state index is 0.0281. The zero-order valence-electron chi connectivity index (χ0n) is 10.4. The van der Waals surface area contributed by atoms with Crippen molar-refractivity contribution in [3.05, 3.63) is 0 Å². The molecule has 1 heterocycles. The van der Waals surface area contributed by atoms with Crippen LogP contribution < -0.4 is 16.5 Å². The van der Waals surface area contributed by atoms with Gasteiger partial charge in [0.15, 0.2) is 0 Å². The van der Waals surface area contributed by atoms with Crippen molar-refractivity contribution in [2.45, 2.75) is 44.6 Å². The second-order valence-corrected chi connectivity index (χ2v) is 4.95. The number of rotatable bonds is 4. The van der Waals surface area contributed by atoms with Crippen molar-refractivity contribution >= 4 is 17.5 Å². The molecule has 1 saturated carbocycles. The third kappa shape index (κ3) is 3.07. The molecular formula is C12H20N4O2. The summed E-state index contributed by atoms with van der Waals surface area (Å²) in [7, 11) is 0. The maximum Gasteiger partial charge on any atom is 0.267 e. The molecule has 100 valence electrons. The van der Waals surface area contributed by atoms with Crippen LogP contribution in [0.4, 0.5) is 0 Å². The Morgan fingerprint density at radius 1 is 1.44 bits per heavy atom. The first-order valence-corrected chi connectivity index (χ1v) is 6.57. The zero-order chi connectivity index (χ0) is 13.0. The lowest BCUT2D eigenvalue weighted by atomic mass is 9.98. The van der Waals surface area contributed by atoms with Gasteiger partial charge in [-0.05, 0) is 18.8 Å². The molecule has 1 fully saturated rings. The lowest BCUT2D eigenvalue weighted by Crippen LogP contribution is -2.48. The van der Waals surface area contributed by atoms with Gasteiger partial charge in [-0.15, -0.1) is 0 Å². The summed E-state index contributed by atoms with van der Waals surface area (Å²) in [5.41, 5.74) is 8.45. The van der Waals surface area contributed by atoms with E-state index >= 15 is 0 Å². The van der Waals surface area contributed by atoms with Gasteiger partial charge in [-0.3, -0.25) is 9.59 Å². The highest BCUT2D eigenvalue weighted by Crippen LogP contribution is 2.27. The van der Waals surface area contributed by atoms with Crippen LogP contribution in [0, 0.1) is 5.92 Å². The van der Waals surface area contributed by atoms with E-state index in [9.17, 15) is 9.59 Å². The van der Waals surface area contributed by atoms with Gasteiger partial charge in [-0.2, -0.15) is 5.10 Å². The van der Waals surface area contributed by atoms with Gasteiger partial charge in [0.2, 0.25) is 5.91 Å². The minimum Gasteiger partial charge on any atom is -0.347 e. The van der Waals surface area contributed by atoms with E-state index in [1.807, 2.05) is 0 Å². The van der Waals surface area contributed by atoms with Gasteiger partial charge in [0.25, 0.3) is 5.91 Å². The first-order valence-electron chi connectivity index (χ1n) is 6.57. The molecule has 2 rings (SSSR count). The number of hydrogen-bond donors (Lipinski definition) is 3. The number of hydrazone groups is 1. The number of carbonyl (C=O) groups excluding carboxylic acids is 2. The molecule has 6 heteroatoms. The van der Waals surface area contributed by atoms with Crippen molar-refractivity contribution < 1.29 is 9.59 Å². The van der Waals surface area contributed by atoms with Crippen molar-refractivity contribution in [1.29, 1.82) is 0 Å². The Labute approximate surface area is 106 Å². The molecule has 1 unspecified atom stereocenters. The monoisotopic (exact) mass is 252 g/mol. The fraction of sp³-hybridized carbons (Fsp3) is 0.750. The van der Waals surface area contributed by atoms with E-state index in [0.29, 0.717) is 31.0 Å². The van der Waals surface area contributed by atoms with Crippen LogP contribution in [0.15, 0.2) is 5.10 Å². The predicted molar refractivity (Wildman–Crippen MR) is 67.8 cm³/mol. The van der Waals surface area contributed by atoms with E-state index in [0.717, 1.165) is 12.8 Å². The van der Waals surface area contributed by atoms with E-state index in [-0.39, 0.29) is 17.9 Å². The van der Waals surface area contributed by atoms with Crippen LogP contribution >= 0.6 is 0 Å². The molecular weight excluding hydrogens is 232 g/mol. The standard InChI is InChI=1S/C12H20N4O2/c13-7-10(8-3-1-2-4-8)14-12(18)9-5-6-11(17)16-15-9/h8,10H,1-7,13H2,(H,14,18)(H,16,17). The highest BCUT2D eigenvalue weighted by atomic mass is 16.2. The van der Waals surface area contributed by atoms with Crippen LogP contribution in [-0.2, 0) is 9.59 Å².